The van der Waals surface area contributed by atoms with Crippen molar-refractivity contribution in [1.29, 1.82) is 0 Å². The molecule has 0 bridgehead atoms. The first-order valence-corrected chi connectivity index (χ1v) is 3.72. The molecule has 0 radical (unpaired) electrons. The maximum Gasteiger partial charge on any atom is 0.223 e. The van der Waals surface area contributed by atoms with Gasteiger partial charge in [-0.05, 0) is 0 Å². The van der Waals surface area contributed by atoms with E-state index in [0.29, 0.717) is 13.0 Å². The number of hydrogen-bond donors (Lipinski definition) is 0. The third-order valence-electron chi connectivity index (χ3n) is 1.52. The lowest BCUT2D eigenvalue weighted by Crippen LogP contribution is -2.22. The summed E-state index contributed by atoms with van der Waals surface area (Å²) in [4.78, 5) is 16.4. The Morgan fingerprint density at radius 1 is 1.58 bits per heavy atom. The van der Waals surface area contributed by atoms with E-state index in [4.69, 9.17) is 0 Å². The molecule has 0 aliphatic carbocycles. The Morgan fingerprint density at radius 2 is 2.33 bits per heavy atom. The molecule has 0 saturated heterocycles. The highest BCUT2D eigenvalue weighted by Crippen LogP contribution is 1.90. The Kier molecular flexibility index (Phi) is 2.79. The molecule has 66 valence electrons. The van der Waals surface area contributed by atoms with Crippen LogP contribution in [0.5, 0.6) is 0 Å². The lowest BCUT2D eigenvalue weighted by molar-refractivity contribution is -0.128. The van der Waals surface area contributed by atoms with Crippen LogP contribution in [0.1, 0.15) is 6.42 Å². The summed E-state index contributed by atoms with van der Waals surface area (Å²) < 4.78 is 1.64. The summed E-state index contributed by atoms with van der Waals surface area (Å²) in [6, 6.07) is 0. The van der Waals surface area contributed by atoms with Crippen LogP contribution in [0.3, 0.4) is 0 Å². The van der Waals surface area contributed by atoms with E-state index in [2.05, 4.69) is 10.1 Å². The number of aromatic nitrogens is 3. The Bertz CT molecular complexity index is 242. The van der Waals surface area contributed by atoms with Gasteiger partial charge in [0.05, 0.1) is 6.54 Å². The maximum absolute atomic E-state index is 11.1. The third-order valence-corrected chi connectivity index (χ3v) is 1.52. The van der Waals surface area contributed by atoms with Gasteiger partial charge in [0.25, 0.3) is 0 Å². The van der Waals surface area contributed by atoms with Crippen molar-refractivity contribution in [2.75, 3.05) is 14.1 Å². The van der Waals surface area contributed by atoms with E-state index >= 15 is 0 Å². The molecular weight excluding hydrogens is 156 g/mol. The predicted octanol–water partition coefficient (Wildman–Crippen LogP) is -0.244. The summed E-state index contributed by atoms with van der Waals surface area (Å²) in [5.74, 6) is 0.102. The van der Waals surface area contributed by atoms with Crippen molar-refractivity contribution in [3.63, 3.8) is 0 Å². The van der Waals surface area contributed by atoms with Crippen molar-refractivity contribution >= 4 is 5.91 Å². The van der Waals surface area contributed by atoms with Crippen LogP contribution in [0, 0.1) is 0 Å². The number of carbonyl (C=O) groups is 1. The molecule has 12 heavy (non-hydrogen) atoms. The minimum absolute atomic E-state index is 0.102. The number of hydrogen-bond acceptors (Lipinski definition) is 3. The molecule has 0 unspecified atom stereocenters. The van der Waals surface area contributed by atoms with E-state index in [-0.39, 0.29) is 5.91 Å². The molecular formula is C7H12N4O. The van der Waals surface area contributed by atoms with Crippen molar-refractivity contribution in [2.24, 2.45) is 0 Å². The fourth-order valence-electron chi connectivity index (χ4n) is 0.782. The summed E-state index contributed by atoms with van der Waals surface area (Å²) in [5.41, 5.74) is 0. The molecule has 1 aromatic rings. The van der Waals surface area contributed by atoms with Crippen LogP contribution in [0.15, 0.2) is 12.7 Å². The minimum Gasteiger partial charge on any atom is -0.349 e. The molecule has 0 aromatic carbocycles. The molecule has 0 N–H and O–H groups in total. The Balaban J connectivity index is 2.32. The van der Waals surface area contributed by atoms with Gasteiger partial charge in [0.2, 0.25) is 5.91 Å². The van der Waals surface area contributed by atoms with Gasteiger partial charge in [-0.3, -0.25) is 9.48 Å². The molecule has 1 amide bonds. The third kappa shape index (κ3) is 2.34. The summed E-state index contributed by atoms with van der Waals surface area (Å²) in [7, 11) is 3.48. The van der Waals surface area contributed by atoms with Gasteiger partial charge in [0.15, 0.2) is 0 Å². The van der Waals surface area contributed by atoms with E-state index in [1.807, 2.05) is 0 Å². The van der Waals surface area contributed by atoms with E-state index in [1.54, 1.807) is 30.0 Å². The zero-order chi connectivity index (χ0) is 8.97. The van der Waals surface area contributed by atoms with Gasteiger partial charge < -0.3 is 4.90 Å². The number of nitrogens with zero attached hydrogens (tertiary/aromatic N) is 4. The lowest BCUT2D eigenvalue weighted by Gasteiger charge is -2.09. The first-order chi connectivity index (χ1) is 5.70. The van der Waals surface area contributed by atoms with Gasteiger partial charge in [-0.1, -0.05) is 0 Å². The monoisotopic (exact) mass is 168 g/mol. The second-order valence-corrected chi connectivity index (χ2v) is 2.70. The molecule has 0 saturated carbocycles. The van der Waals surface area contributed by atoms with Crippen LogP contribution < -0.4 is 0 Å². The zero-order valence-electron chi connectivity index (χ0n) is 7.27. The van der Waals surface area contributed by atoms with Gasteiger partial charge in [-0.2, -0.15) is 5.10 Å². The van der Waals surface area contributed by atoms with Crippen molar-refractivity contribution in [3.8, 4) is 0 Å². The normalized spacial score (nSPS) is 9.83. The number of carbonyl (C=O) groups excluding carboxylic acids is 1. The van der Waals surface area contributed by atoms with Crippen molar-refractivity contribution in [1.82, 2.24) is 19.7 Å². The topological polar surface area (TPSA) is 51.0 Å². The standard InChI is InChI=1S/C7H12N4O/c1-10(2)7(12)3-4-11-6-8-5-9-11/h5-6H,3-4H2,1-2H3. The molecule has 0 fully saturated rings. The predicted molar refractivity (Wildman–Crippen MR) is 43.3 cm³/mol. The van der Waals surface area contributed by atoms with Gasteiger partial charge in [-0.25, -0.2) is 4.98 Å². The molecule has 0 spiro atoms. The maximum atomic E-state index is 11.1. The average molecular weight is 168 g/mol. The fourth-order valence-corrected chi connectivity index (χ4v) is 0.782. The quantitative estimate of drug-likeness (QED) is 0.625. The minimum atomic E-state index is 0.102. The summed E-state index contributed by atoms with van der Waals surface area (Å²) >= 11 is 0. The van der Waals surface area contributed by atoms with Crippen LogP contribution in [-0.4, -0.2) is 39.7 Å². The van der Waals surface area contributed by atoms with Crippen molar-refractivity contribution in [3.05, 3.63) is 12.7 Å². The van der Waals surface area contributed by atoms with Crippen LogP contribution in [-0.2, 0) is 11.3 Å². The van der Waals surface area contributed by atoms with Crippen LogP contribution in [0.2, 0.25) is 0 Å². The van der Waals surface area contributed by atoms with Gasteiger partial charge in [0.1, 0.15) is 12.7 Å². The second kappa shape index (κ2) is 3.85. The highest BCUT2D eigenvalue weighted by atomic mass is 16.2. The highest BCUT2D eigenvalue weighted by molar-refractivity contribution is 5.75. The Hall–Kier alpha value is -1.39. The molecule has 5 nitrogen and oxygen atoms in total. The van der Waals surface area contributed by atoms with Gasteiger partial charge >= 0.3 is 0 Å². The summed E-state index contributed by atoms with van der Waals surface area (Å²) in [6.45, 7) is 0.594. The number of amides is 1. The highest BCUT2D eigenvalue weighted by Gasteiger charge is 2.03. The van der Waals surface area contributed by atoms with E-state index < -0.39 is 0 Å². The smallest absolute Gasteiger partial charge is 0.223 e. The molecule has 5 heteroatoms. The van der Waals surface area contributed by atoms with Crippen LogP contribution in [0.4, 0.5) is 0 Å². The fraction of sp³-hybridized carbons (Fsp3) is 0.571. The van der Waals surface area contributed by atoms with Gasteiger partial charge in [0, 0.05) is 20.5 Å². The van der Waals surface area contributed by atoms with E-state index in [1.165, 1.54) is 6.33 Å². The number of aryl methyl sites for hydroxylation is 1. The lowest BCUT2D eigenvalue weighted by atomic mass is 10.4. The van der Waals surface area contributed by atoms with Gasteiger partial charge in [-0.15, -0.1) is 0 Å². The second-order valence-electron chi connectivity index (χ2n) is 2.70. The van der Waals surface area contributed by atoms with E-state index in [9.17, 15) is 4.79 Å². The SMILES string of the molecule is CN(C)C(=O)CCn1cncn1. The Labute approximate surface area is 71.0 Å². The molecule has 0 aliphatic rings. The van der Waals surface area contributed by atoms with Crippen molar-refractivity contribution in [2.45, 2.75) is 13.0 Å². The molecule has 0 atom stereocenters. The summed E-state index contributed by atoms with van der Waals surface area (Å²) in [5, 5.41) is 3.88. The Morgan fingerprint density at radius 3 is 2.83 bits per heavy atom. The number of rotatable bonds is 3. The molecule has 1 aromatic heterocycles. The van der Waals surface area contributed by atoms with Crippen molar-refractivity contribution < 1.29 is 4.79 Å². The molecule has 0 aliphatic heterocycles. The van der Waals surface area contributed by atoms with Crippen LogP contribution >= 0.6 is 0 Å². The summed E-state index contributed by atoms with van der Waals surface area (Å²) in [6.07, 6.45) is 3.53. The first-order valence-electron chi connectivity index (χ1n) is 3.72. The average Bonchev–Trinajstić information content (AvgIpc) is 2.51. The zero-order valence-corrected chi connectivity index (χ0v) is 7.27. The molecule has 1 rings (SSSR count). The van der Waals surface area contributed by atoms with E-state index in [0.717, 1.165) is 0 Å². The molecule has 1 heterocycles. The first kappa shape index (κ1) is 8.70. The largest absolute Gasteiger partial charge is 0.349 e. The van der Waals surface area contributed by atoms with Crippen LogP contribution in [0.25, 0.3) is 0 Å².